The van der Waals surface area contributed by atoms with Gasteiger partial charge in [-0.25, -0.2) is 0 Å². The van der Waals surface area contributed by atoms with Crippen molar-refractivity contribution in [1.82, 2.24) is 5.32 Å². The van der Waals surface area contributed by atoms with E-state index >= 15 is 0 Å². The SMILES string of the molecule is CCCCCCCCCCCC(=O)C(CNC)S(=O)(=O)O.[Na+]. The van der Waals surface area contributed by atoms with Gasteiger partial charge in [-0.15, -0.1) is 0 Å². The van der Waals surface area contributed by atoms with Crippen LogP contribution in [0, 0.1) is 0 Å². The molecule has 0 aromatic carbocycles. The van der Waals surface area contributed by atoms with Gasteiger partial charge in [-0.2, -0.15) is 8.42 Å². The molecule has 1 unspecified atom stereocenters. The molecule has 2 N–H and O–H groups in total. The first-order valence-electron chi connectivity index (χ1n) is 8.07. The minimum Gasteiger partial charge on any atom is -0.318 e. The van der Waals surface area contributed by atoms with Gasteiger partial charge >= 0.3 is 29.6 Å². The molecule has 0 amide bonds. The molecular weight excluding hydrogens is 313 g/mol. The maximum Gasteiger partial charge on any atom is 1.00 e. The topological polar surface area (TPSA) is 83.5 Å². The van der Waals surface area contributed by atoms with Gasteiger partial charge in [0.2, 0.25) is 0 Å². The van der Waals surface area contributed by atoms with Crippen LogP contribution in [-0.4, -0.2) is 37.6 Å². The van der Waals surface area contributed by atoms with Gasteiger partial charge in [0.05, 0.1) is 0 Å². The van der Waals surface area contributed by atoms with Gasteiger partial charge in [0, 0.05) is 13.0 Å². The fourth-order valence-electron chi connectivity index (χ4n) is 2.34. The van der Waals surface area contributed by atoms with E-state index in [1.165, 1.54) is 38.5 Å². The van der Waals surface area contributed by atoms with Crippen LogP contribution in [-0.2, 0) is 14.9 Å². The van der Waals surface area contributed by atoms with Crippen molar-refractivity contribution in [3.8, 4) is 0 Å². The Labute approximate surface area is 158 Å². The summed E-state index contributed by atoms with van der Waals surface area (Å²) in [6.07, 6.45) is 10.5. The van der Waals surface area contributed by atoms with Crippen LogP contribution < -0.4 is 34.9 Å². The van der Waals surface area contributed by atoms with Crippen molar-refractivity contribution in [2.45, 2.75) is 76.4 Å². The standard InChI is InChI=1S/C15H31NO4S.Na/c1-3-4-5-6-7-8-9-10-11-12-14(17)15(13-16-2)21(18,19)20;/h15-16H,3-13H2,1-2H3,(H,18,19,20);/q;+1. The largest absolute Gasteiger partial charge is 1.00 e. The fraction of sp³-hybridized carbons (Fsp3) is 0.933. The summed E-state index contributed by atoms with van der Waals surface area (Å²) in [4.78, 5) is 11.8. The first-order valence-corrected chi connectivity index (χ1v) is 9.57. The van der Waals surface area contributed by atoms with Crippen LogP contribution in [0.15, 0.2) is 0 Å². The summed E-state index contributed by atoms with van der Waals surface area (Å²) in [5.41, 5.74) is 0. The predicted molar refractivity (Wildman–Crippen MR) is 86.1 cm³/mol. The molecule has 0 fully saturated rings. The van der Waals surface area contributed by atoms with Crippen LogP contribution in [0.4, 0.5) is 0 Å². The normalized spacial score (nSPS) is 12.7. The fourth-order valence-corrected chi connectivity index (χ4v) is 3.17. The molecule has 0 rings (SSSR count). The van der Waals surface area contributed by atoms with E-state index in [2.05, 4.69) is 12.2 Å². The molecule has 0 aliphatic carbocycles. The second-order valence-electron chi connectivity index (χ2n) is 5.61. The predicted octanol–water partition coefficient (Wildman–Crippen LogP) is -0.0438. The number of unbranched alkanes of at least 4 members (excludes halogenated alkanes) is 8. The molecule has 0 aromatic rings. The number of Topliss-reactive ketones (excluding diaryl/α,β-unsaturated/α-hetero) is 1. The second kappa shape index (κ2) is 15.1. The van der Waals surface area contributed by atoms with E-state index in [-0.39, 0.29) is 42.5 Å². The average molecular weight is 344 g/mol. The third-order valence-corrected chi connectivity index (χ3v) is 4.78. The summed E-state index contributed by atoms with van der Waals surface area (Å²) in [5, 5.41) is 1.31. The third-order valence-electron chi connectivity index (χ3n) is 3.63. The first-order chi connectivity index (χ1) is 9.93. The molecule has 126 valence electrons. The zero-order valence-corrected chi connectivity index (χ0v) is 17.3. The molecule has 0 aliphatic rings. The third kappa shape index (κ3) is 13.0. The number of rotatable bonds is 14. The van der Waals surface area contributed by atoms with E-state index in [1.807, 2.05) is 0 Å². The zero-order valence-electron chi connectivity index (χ0n) is 14.4. The van der Waals surface area contributed by atoms with Crippen LogP contribution in [0.1, 0.15) is 71.1 Å². The minimum absolute atomic E-state index is 0. The van der Waals surface area contributed by atoms with E-state index in [9.17, 15) is 13.2 Å². The van der Waals surface area contributed by atoms with Crippen LogP contribution in [0.2, 0.25) is 0 Å². The molecule has 0 saturated heterocycles. The van der Waals surface area contributed by atoms with Gasteiger partial charge in [0.1, 0.15) is 0 Å². The molecule has 0 saturated carbocycles. The average Bonchev–Trinajstić information content (AvgIpc) is 2.41. The van der Waals surface area contributed by atoms with Crippen molar-refractivity contribution in [2.24, 2.45) is 0 Å². The Morgan fingerprint density at radius 2 is 1.45 bits per heavy atom. The zero-order chi connectivity index (χ0) is 16.1. The molecular formula is C15H31NNaO4S+. The Balaban J connectivity index is 0. The van der Waals surface area contributed by atoms with E-state index in [0.29, 0.717) is 6.42 Å². The van der Waals surface area contributed by atoms with Crippen molar-refractivity contribution in [3.05, 3.63) is 0 Å². The number of ketones is 1. The van der Waals surface area contributed by atoms with Crippen LogP contribution >= 0.6 is 0 Å². The smallest absolute Gasteiger partial charge is 0.318 e. The Morgan fingerprint density at radius 1 is 1.00 bits per heavy atom. The Hall–Kier alpha value is 0.540. The number of carbonyl (C=O) groups excluding carboxylic acids is 1. The van der Waals surface area contributed by atoms with Crippen molar-refractivity contribution in [2.75, 3.05) is 13.6 Å². The van der Waals surface area contributed by atoms with E-state index in [1.54, 1.807) is 7.05 Å². The maximum absolute atomic E-state index is 11.8. The summed E-state index contributed by atoms with van der Waals surface area (Å²) < 4.78 is 31.3. The van der Waals surface area contributed by atoms with Gasteiger partial charge in [0.15, 0.2) is 11.0 Å². The molecule has 5 nitrogen and oxygen atoms in total. The van der Waals surface area contributed by atoms with E-state index in [4.69, 9.17) is 4.55 Å². The molecule has 0 radical (unpaired) electrons. The van der Waals surface area contributed by atoms with Gasteiger partial charge in [-0.1, -0.05) is 58.3 Å². The minimum atomic E-state index is -4.30. The first kappa shape index (κ1) is 24.8. The molecule has 0 bridgehead atoms. The molecule has 0 aromatic heterocycles. The summed E-state index contributed by atoms with van der Waals surface area (Å²) >= 11 is 0. The quantitative estimate of drug-likeness (QED) is 0.262. The van der Waals surface area contributed by atoms with Crippen molar-refractivity contribution < 1.29 is 47.3 Å². The summed E-state index contributed by atoms with van der Waals surface area (Å²) in [6.45, 7) is 2.17. The summed E-state index contributed by atoms with van der Waals surface area (Å²) in [7, 11) is -2.74. The monoisotopic (exact) mass is 344 g/mol. The number of nitrogens with one attached hydrogen (secondary N) is 1. The molecule has 22 heavy (non-hydrogen) atoms. The van der Waals surface area contributed by atoms with Gasteiger partial charge in [0.25, 0.3) is 10.1 Å². The van der Waals surface area contributed by atoms with Crippen LogP contribution in [0.25, 0.3) is 0 Å². The van der Waals surface area contributed by atoms with Gasteiger partial charge in [-0.05, 0) is 13.5 Å². The molecule has 1 atom stereocenters. The Bertz CT molecular complexity index is 374. The number of hydrogen-bond acceptors (Lipinski definition) is 4. The Kier molecular flexibility index (Phi) is 17.0. The van der Waals surface area contributed by atoms with Crippen LogP contribution in [0.3, 0.4) is 0 Å². The number of hydrogen-bond donors (Lipinski definition) is 2. The molecule has 7 heteroatoms. The summed E-state index contributed by atoms with van der Waals surface area (Å²) in [6, 6.07) is 0. The molecule has 0 heterocycles. The van der Waals surface area contributed by atoms with Crippen molar-refractivity contribution >= 4 is 15.9 Å². The molecule has 0 aliphatic heterocycles. The van der Waals surface area contributed by atoms with Crippen LogP contribution in [0.5, 0.6) is 0 Å². The maximum atomic E-state index is 11.8. The van der Waals surface area contributed by atoms with Crippen molar-refractivity contribution in [3.63, 3.8) is 0 Å². The second-order valence-corrected chi connectivity index (χ2v) is 7.21. The van der Waals surface area contributed by atoms with E-state index in [0.717, 1.165) is 12.8 Å². The van der Waals surface area contributed by atoms with E-state index < -0.39 is 21.2 Å². The van der Waals surface area contributed by atoms with Gasteiger partial charge < -0.3 is 5.32 Å². The van der Waals surface area contributed by atoms with Crippen molar-refractivity contribution in [1.29, 1.82) is 0 Å². The van der Waals surface area contributed by atoms with Gasteiger partial charge in [-0.3, -0.25) is 9.35 Å². The molecule has 0 spiro atoms. The number of carbonyl (C=O) groups is 1. The Morgan fingerprint density at radius 3 is 1.86 bits per heavy atom. The summed E-state index contributed by atoms with van der Waals surface area (Å²) in [5.74, 6) is -0.394.